The second-order valence-electron chi connectivity index (χ2n) is 3.99. The summed E-state index contributed by atoms with van der Waals surface area (Å²) < 4.78 is 0. The van der Waals surface area contributed by atoms with Gasteiger partial charge in [0.05, 0.1) is 19.1 Å². The third-order valence-corrected chi connectivity index (χ3v) is 3.68. The Balaban J connectivity index is 2.09. The van der Waals surface area contributed by atoms with Crippen molar-refractivity contribution in [3.05, 3.63) is 5.01 Å². The summed E-state index contributed by atoms with van der Waals surface area (Å²) in [6, 6.07) is -0.273. The molecule has 1 aromatic heterocycles. The van der Waals surface area contributed by atoms with E-state index < -0.39 is 0 Å². The highest BCUT2D eigenvalue weighted by Crippen LogP contribution is 2.19. The van der Waals surface area contributed by atoms with E-state index in [1.807, 2.05) is 11.8 Å². The van der Waals surface area contributed by atoms with Crippen molar-refractivity contribution in [2.75, 3.05) is 18.9 Å². The molecule has 8 heteroatoms. The fourth-order valence-electron chi connectivity index (χ4n) is 1.92. The summed E-state index contributed by atoms with van der Waals surface area (Å²) in [5, 5.41) is 14.7. The number of anilines is 1. The standard InChI is InChI=1S/C10H15N5O2S/c1-3-6-9(17)12-7(16)4-15(6)5-8-13-14-10(11-2)18-8/h6H,3-5H2,1-2H3,(H,11,14)(H,12,16,17). The van der Waals surface area contributed by atoms with Gasteiger partial charge in [-0.3, -0.25) is 19.8 Å². The second-order valence-corrected chi connectivity index (χ2v) is 5.05. The largest absolute Gasteiger partial charge is 0.363 e. The van der Waals surface area contributed by atoms with Crippen LogP contribution < -0.4 is 10.6 Å². The SMILES string of the molecule is CCC1C(=O)NC(=O)CN1Cc1nnc(NC)s1. The van der Waals surface area contributed by atoms with Crippen molar-refractivity contribution in [3.63, 3.8) is 0 Å². The van der Waals surface area contributed by atoms with Crippen LogP contribution >= 0.6 is 11.3 Å². The number of aromatic nitrogens is 2. The highest BCUT2D eigenvalue weighted by Gasteiger charge is 2.32. The van der Waals surface area contributed by atoms with Gasteiger partial charge in [-0.25, -0.2) is 0 Å². The molecule has 2 heterocycles. The Bertz CT molecular complexity index is 461. The monoisotopic (exact) mass is 269 g/mol. The Morgan fingerprint density at radius 1 is 1.50 bits per heavy atom. The van der Waals surface area contributed by atoms with E-state index in [9.17, 15) is 9.59 Å². The van der Waals surface area contributed by atoms with Crippen LogP contribution in [0.2, 0.25) is 0 Å². The van der Waals surface area contributed by atoms with Gasteiger partial charge in [0.25, 0.3) is 0 Å². The average molecular weight is 269 g/mol. The molecule has 1 aliphatic rings. The lowest BCUT2D eigenvalue weighted by Gasteiger charge is -2.32. The zero-order valence-corrected chi connectivity index (χ0v) is 11.1. The van der Waals surface area contributed by atoms with E-state index in [1.165, 1.54) is 11.3 Å². The topological polar surface area (TPSA) is 87.2 Å². The molecule has 18 heavy (non-hydrogen) atoms. The second kappa shape index (κ2) is 5.40. The highest BCUT2D eigenvalue weighted by atomic mass is 32.1. The van der Waals surface area contributed by atoms with Crippen LogP contribution in [0.3, 0.4) is 0 Å². The Kier molecular flexibility index (Phi) is 3.87. The summed E-state index contributed by atoms with van der Waals surface area (Å²) in [7, 11) is 1.77. The summed E-state index contributed by atoms with van der Waals surface area (Å²) in [6.07, 6.45) is 0.663. The van der Waals surface area contributed by atoms with Crippen molar-refractivity contribution >= 4 is 28.3 Å². The molecular formula is C10H15N5O2S. The minimum atomic E-state index is -0.273. The number of hydrogen-bond donors (Lipinski definition) is 2. The fourth-order valence-corrected chi connectivity index (χ4v) is 2.64. The van der Waals surface area contributed by atoms with Crippen LogP contribution in [0.25, 0.3) is 0 Å². The first-order valence-corrected chi connectivity index (χ1v) is 6.53. The predicted molar refractivity (Wildman–Crippen MR) is 67.1 cm³/mol. The molecule has 1 fully saturated rings. The van der Waals surface area contributed by atoms with Gasteiger partial charge >= 0.3 is 0 Å². The maximum Gasteiger partial charge on any atom is 0.243 e. The van der Waals surface area contributed by atoms with Crippen molar-refractivity contribution < 1.29 is 9.59 Å². The van der Waals surface area contributed by atoms with E-state index in [-0.39, 0.29) is 24.4 Å². The number of piperazine rings is 1. The minimum Gasteiger partial charge on any atom is -0.363 e. The minimum absolute atomic E-state index is 0.221. The fraction of sp³-hybridized carbons (Fsp3) is 0.600. The van der Waals surface area contributed by atoms with Crippen molar-refractivity contribution in [2.24, 2.45) is 0 Å². The lowest BCUT2D eigenvalue weighted by atomic mass is 10.1. The summed E-state index contributed by atoms with van der Waals surface area (Å²) in [4.78, 5) is 24.9. The molecule has 7 nitrogen and oxygen atoms in total. The maximum atomic E-state index is 11.7. The predicted octanol–water partition coefficient (Wildman–Crippen LogP) is -0.183. The third kappa shape index (κ3) is 2.65. The zero-order chi connectivity index (χ0) is 13.1. The quantitative estimate of drug-likeness (QED) is 0.737. The molecule has 1 saturated heterocycles. The van der Waals surface area contributed by atoms with Gasteiger partial charge in [-0.2, -0.15) is 0 Å². The molecule has 0 spiro atoms. The number of hydrogen-bond acceptors (Lipinski definition) is 7. The molecule has 98 valence electrons. The molecule has 0 aromatic carbocycles. The van der Waals surface area contributed by atoms with E-state index in [2.05, 4.69) is 20.8 Å². The van der Waals surface area contributed by atoms with E-state index >= 15 is 0 Å². The molecule has 1 aromatic rings. The van der Waals surface area contributed by atoms with Crippen molar-refractivity contribution in [1.29, 1.82) is 0 Å². The smallest absolute Gasteiger partial charge is 0.243 e. The Morgan fingerprint density at radius 3 is 2.89 bits per heavy atom. The van der Waals surface area contributed by atoms with Crippen molar-refractivity contribution in [1.82, 2.24) is 20.4 Å². The molecule has 0 aliphatic carbocycles. The number of carbonyl (C=O) groups is 2. The first-order chi connectivity index (χ1) is 8.63. The maximum absolute atomic E-state index is 11.7. The van der Waals surface area contributed by atoms with Crippen LogP contribution in [0.5, 0.6) is 0 Å². The van der Waals surface area contributed by atoms with E-state index in [4.69, 9.17) is 0 Å². The molecule has 0 saturated carbocycles. The molecule has 1 unspecified atom stereocenters. The Morgan fingerprint density at radius 2 is 2.28 bits per heavy atom. The van der Waals surface area contributed by atoms with E-state index in [0.29, 0.717) is 13.0 Å². The number of carbonyl (C=O) groups excluding carboxylic acids is 2. The molecule has 1 atom stereocenters. The van der Waals surface area contributed by atoms with Crippen LogP contribution in [-0.4, -0.2) is 46.5 Å². The van der Waals surface area contributed by atoms with Gasteiger partial charge in [-0.05, 0) is 6.42 Å². The molecular weight excluding hydrogens is 254 g/mol. The van der Waals surface area contributed by atoms with Gasteiger partial charge in [0.2, 0.25) is 16.9 Å². The molecule has 2 N–H and O–H groups in total. The first kappa shape index (κ1) is 12.9. The normalized spacial score (nSPS) is 20.9. The van der Waals surface area contributed by atoms with Crippen LogP contribution in [0.1, 0.15) is 18.4 Å². The number of nitrogens with one attached hydrogen (secondary N) is 2. The van der Waals surface area contributed by atoms with E-state index in [1.54, 1.807) is 7.05 Å². The van der Waals surface area contributed by atoms with Gasteiger partial charge in [-0.1, -0.05) is 18.3 Å². The Labute approximate surface area is 109 Å². The molecule has 0 bridgehead atoms. The van der Waals surface area contributed by atoms with Gasteiger partial charge < -0.3 is 5.32 Å². The van der Waals surface area contributed by atoms with Crippen LogP contribution in [0, 0.1) is 0 Å². The number of amides is 2. The Hall–Kier alpha value is -1.54. The number of nitrogens with zero attached hydrogens (tertiary/aromatic N) is 3. The van der Waals surface area contributed by atoms with Crippen LogP contribution in [0.4, 0.5) is 5.13 Å². The lowest BCUT2D eigenvalue weighted by molar-refractivity contribution is -0.140. The summed E-state index contributed by atoms with van der Waals surface area (Å²) in [6.45, 7) is 2.61. The molecule has 1 aliphatic heterocycles. The summed E-state index contributed by atoms with van der Waals surface area (Å²) >= 11 is 1.42. The average Bonchev–Trinajstić information content (AvgIpc) is 2.76. The van der Waals surface area contributed by atoms with Gasteiger partial charge in [0, 0.05) is 7.05 Å². The molecule has 2 rings (SSSR count). The molecule has 0 radical (unpaired) electrons. The van der Waals surface area contributed by atoms with Gasteiger partial charge in [0.15, 0.2) is 0 Å². The summed E-state index contributed by atoms with van der Waals surface area (Å²) in [5.41, 5.74) is 0. The van der Waals surface area contributed by atoms with Crippen LogP contribution in [-0.2, 0) is 16.1 Å². The van der Waals surface area contributed by atoms with Crippen LogP contribution in [0.15, 0.2) is 0 Å². The number of rotatable bonds is 4. The first-order valence-electron chi connectivity index (χ1n) is 5.72. The van der Waals surface area contributed by atoms with Gasteiger partial charge in [0.1, 0.15) is 5.01 Å². The zero-order valence-electron chi connectivity index (χ0n) is 10.3. The lowest BCUT2D eigenvalue weighted by Crippen LogP contribution is -2.57. The summed E-state index contributed by atoms with van der Waals surface area (Å²) in [5.74, 6) is -0.491. The highest BCUT2D eigenvalue weighted by molar-refractivity contribution is 7.15. The third-order valence-electron chi connectivity index (χ3n) is 2.76. The number of imide groups is 1. The van der Waals surface area contributed by atoms with Crippen molar-refractivity contribution in [2.45, 2.75) is 25.9 Å². The van der Waals surface area contributed by atoms with Gasteiger partial charge in [-0.15, -0.1) is 10.2 Å². The van der Waals surface area contributed by atoms with E-state index in [0.717, 1.165) is 10.1 Å². The van der Waals surface area contributed by atoms with Crippen molar-refractivity contribution in [3.8, 4) is 0 Å². The molecule has 2 amide bonds.